The first-order valence-electron chi connectivity index (χ1n) is 8.12. The molecule has 0 bridgehead atoms. The maximum atomic E-state index is 12.7. The van der Waals surface area contributed by atoms with Crippen LogP contribution >= 0.6 is 0 Å². The fourth-order valence-electron chi connectivity index (χ4n) is 2.87. The minimum Gasteiger partial charge on any atom is -0.468 e. The number of carbonyl (C=O) groups is 1. The summed E-state index contributed by atoms with van der Waals surface area (Å²) in [5, 5.41) is 4.44. The summed E-state index contributed by atoms with van der Waals surface area (Å²) in [5.74, 6) is 1.37. The molecule has 1 amide bonds. The highest BCUT2D eigenvalue weighted by molar-refractivity contribution is 5.92. The molecule has 0 saturated carbocycles. The van der Waals surface area contributed by atoms with Gasteiger partial charge in [0.05, 0.1) is 18.5 Å². The molecule has 1 aliphatic heterocycles. The van der Waals surface area contributed by atoms with Gasteiger partial charge in [0.15, 0.2) is 0 Å². The third-order valence-electron chi connectivity index (χ3n) is 4.33. The Bertz CT molecular complexity index is 652. The number of hydrogen-bond donors (Lipinski definition) is 0. The predicted octanol–water partition coefficient (Wildman–Crippen LogP) is 2.09. The largest absolute Gasteiger partial charge is 0.468 e. The van der Waals surface area contributed by atoms with Gasteiger partial charge < -0.3 is 9.32 Å². The lowest BCUT2D eigenvalue weighted by Gasteiger charge is -2.34. The number of furan rings is 1. The Morgan fingerprint density at radius 2 is 2.04 bits per heavy atom. The molecule has 1 saturated heterocycles. The third-order valence-corrected chi connectivity index (χ3v) is 4.33. The molecular formula is C17H24N4O2. The summed E-state index contributed by atoms with van der Waals surface area (Å²) in [6.45, 7) is 8.18. The molecule has 23 heavy (non-hydrogen) atoms. The maximum Gasteiger partial charge on any atom is 0.272 e. The lowest BCUT2D eigenvalue weighted by atomic mass is 10.1. The van der Waals surface area contributed by atoms with E-state index in [1.54, 1.807) is 10.9 Å². The Balaban J connectivity index is 1.60. The van der Waals surface area contributed by atoms with Gasteiger partial charge in [0.1, 0.15) is 11.5 Å². The van der Waals surface area contributed by atoms with Gasteiger partial charge in [-0.3, -0.25) is 14.4 Å². The molecule has 1 aliphatic rings. The normalized spacial score (nSPS) is 16.3. The highest BCUT2D eigenvalue weighted by Gasteiger charge is 2.25. The lowest BCUT2D eigenvalue weighted by Crippen LogP contribution is -2.48. The van der Waals surface area contributed by atoms with Crippen LogP contribution in [0.1, 0.15) is 41.7 Å². The molecule has 0 spiro atoms. The monoisotopic (exact) mass is 316 g/mol. The molecule has 3 heterocycles. The highest BCUT2D eigenvalue weighted by atomic mass is 16.3. The number of aromatic nitrogens is 2. The minimum absolute atomic E-state index is 0.0737. The van der Waals surface area contributed by atoms with Crippen molar-refractivity contribution in [2.24, 2.45) is 7.05 Å². The Labute approximate surface area is 136 Å². The number of hydrogen-bond acceptors (Lipinski definition) is 4. The fraction of sp³-hybridized carbons (Fsp3) is 0.529. The van der Waals surface area contributed by atoms with Gasteiger partial charge in [-0.05, 0) is 24.1 Å². The molecule has 2 aromatic rings. The second-order valence-corrected chi connectivity index (χ2v) is 6.38. The van der Waals surface area contributed by atoms with E-state index in [0.29, 0.717) is 11.6 Å². The summed E-state index contributed by atoms with van der Waals surface area (Å²) >= 11 is 0. The SMILES string of the molecule is CC(C)c1cc(C(=O)N2CCN(Cc3ccco3)CC2)n(C)n1. The molecule has 0 atom stereocenters. The Hall–Kier alpha value is -2.08. The second kappa shape index (κ2) is 6.58. The van der Waals surface area contributed by atoms with Crippen molar-refractivity contribution in [2.75, 3.05) is 26.2 Å². The van der Waals surface area contributed by atoms with Gasteiger partial charge in [0.2, 0.25) is 0 Å². The van der Waals surface area contributed by atoms with Crippen molar-refractivity contribution in [3.63, 3.8) is 0 Å². The number of amides is 1. The van der Waals surface area contributed by atoms with E-state index in [-0.39, 0.29) is 5.91 Å². The van der Waals surface area contributed by atoms with Gasteiger partial charge in [-0.25, -0.2) is 0 Å². The number of aryl methyl sites for hydroxylation is 1. The second-order valence-electron chi connectivity index (χ2n) is 6.38. The van der Waals surface area contributed by atoms with Crippen LogP contribution in [0.5, 0.6) is 0 Å². The summed E-state index contributed by atoms with van der Waals surface area (Å²) in [5.41, 5.74) is 1.64. The van der Waals surface area contributed by atoms with E-state index in [0.717, 1.165) is 44.2 Å². The van der Waals surface area contributed by atoms with E-state index in [4.69, 9.17) is 4.42 Å². The van der Waals surface area contributed by atoms with E-state index in [9.17, 15) is 4.79 Å². The molecule has 0 N–H and O–H groups in total. The third kappa shape index (κ3) is 3.47. The van der Waals surface area contributed by atoms with Gasteiger partial charge in [0, 0.05) is 33.2 Å². The molecule has 3 rings (SSSR count). The first kappa shape index (κ1) is 15.8. The van der Waals surface area contributed by atoms with Crippen LogP contribution in [0.3, 0.4) is 0 Å². The molecule has 0 aromatic carbocycles. The van der Waals surface area contributed by atoms with Gasteiger partial charge >= 0.3 is 0 Å². The Morgan fingerprint density at radius 1 is 1.30 bits per heavy atom. The van der Waals surface area contributed by atoms with Crippen molar-refractivity contribution in [1.82, 2.24) is 19.6 Å². The van der Waals surface area contributed by atoms with Crippen molar-refractivity contribution in [2.45, 2.75) is 26.3 Å². The van der Waals surface area contributed by atoms with Crippen molar-refractivity contribution in [1.29, 1.82) is 0 Å². The summed E-state index contributed by atoms with van der Waals surface area (Å²) in [7, 11) is 1.84. The summed E-state index contributed by atoms with van der Waals surface area (Å²) in [4.78, 5) is 16.9. The van der Waals surface area contributed by atoms with E-state index >= 15 is 0 Å². The van der Waals surface area contributed by atoms with Gasteiger partial charge in [-0.2, -0.15) is 5.10 Å². The van der Waals surface area contributed by atoms with E-state index in [1.807, 2.05) is 30.1 Å². The Morgan fingerprint density at radius 3 is 2.61 bits per heavy atom. The number of piperazine rings is 1. The van der Waals surface area contributed by atoms with Crippen LogP contribution in [0, 0.1) is 0 Å². The topological polar surface area (TPSA) is 54.5 Å². The zero-order valence-electron chi connectivity index (χ0n) is 14.0. The summed E-state index contributed by atoms with van der Waals surface area (Å²) < 4.78 is 7.09. The van der Waals surface area contributed by atoms with Crippen LogP contribution in [0.2, 0.25) is 0 Å². The van der Waals surface area contributed by atoms with Crippen molar-refractivity contribution in [3.8, 4) is 0 Å². The standard InChI is InChI=1S/C17H24N4O2/c1-13(2)15-11-16(19(3)18-15)17(22)21-8-6-20(7-9-21)12-14-5-4-10-23-14/h4-5,10-11,13H,6-9,12H2,1-3H3. The molecular weight excluding hydrogens is 292 g/mol. The highest BCUT2D eigenvalue weighted by Crippen LogP contribution is 2.16. The van der Waals surface area contributed by atoms with E-state index < -0.39 is 0 Å². The zero-order chi connectivity index (χ0) is 16.4. The first-order valence-corrected chi connectivity index (χ1v) is 8.12. The Kier molecular flexibility index (Phi) is 4.52. The average Bonchev–Trinajstić information content (AvgIpc) is 3.17. The molecule has 6 nitrogen and oxygen atoms in total. The average molecular weight is 316 g/mol. The quantitative estimate of drug-likeness (QED) is 0.867. The molecule has 6 heteroatoms. The van der Waals surface area contributed by atoms with Crippen molar-refractivity contribution in [3.05, 3.63) is 41.6 Å². The fourth-order valence-corrected chi connectivity index (χ4v) is 2.87. The molecule has 1 fully saturated rings. The number of rotatable bonds is 4. The molecule has 124 valence electrons. The van der Waals surface area contributed by atoms with Crippen LogP contribution in [0.25, 0.3) is 0 Å². The van der Waals surface area contributed by atoms with Crippen LogP contribution in [0.15, 0.2) is 28.9 Å². The van der Waals surface area contributed by atoms with Gasteiger partial charge in [-0.15, -0.1) is 0 Å². The zero-order valence-corrected chi connectivity index (χ0v) is 14.0. The molecule has 0 radical (unpaired) electrons. The number of carbonyl (C=O) groups excluding carboxylic acids is 1. The van der Waals surface area contributed by atoms with Crippen LogP contribution in [0.4, 0.5) is 0 Å². The summed E-state index contributed by atoms with van der Waals surface area (Å²) in [6, 6.07) is 5.81. The predicted molar refractivity (Wildman–Crippen MR) is 87.2 cm³/mol. The molecule has 2 aromatic heterocycles. The van der Waals surface area contributed by atoms with Crippen LogP contribution in [-0.2, 0) is 13.6 Å². The van der Waals surface area contributed by atoms with Gasteiger partial charge in [-0.1, -0.05) is 13.8 Å². The maximum absolute atomic E-state index is 12.7. The first-order chi connectivity index (χ1) is 11.0. The van der Waals surface area contributed by atoms with Crippen molar-refractivity contribution >= 4 is 5.91 Å². The lowest BCUT2D eigenvalue weighted by molar-refractivity contribution is 0.0610. The number of nitrogens with zero attached hydrogens (tertiary/aromatic N) is 4. The molecule has 0 aliphatic carbocycles. The summed E-state index contributed by atoms with van der Waals surface area (Å²) in [6.07, 6.45) is 1.70. The van der Waals surface area contributed by atoms with Crippen molar-refractivity contribution < 1.29 is 9.21 Å². The molecule has 0 unspecified atom stereocenters. The van der Waals surface area contributed by atoms with E-state index in [1.165, 1.54) is 0 Å². The van der Waals surface area contributed by atoms with Crippen LogP contribution in [-0.4, -0.2) is 51.7 Å². The van der Waals surface area contributed by atoms with Crippen LogP contribution < -0.4 is 0 Å². The smallest absolute Gasteiger partial charge is 0.272 e. The minimum atomic E-state index is 0.0737. The van der Waals surface area contributed by atoms with E-state index in [2.05, 4.69) is 23.8 Å². The van der Waals surface area contributed by atoms with Gasteiger partial charge in [0.25, 0.3) is 5.91 Å².